The van der Waals surface area contributed by atoms with E-state index in [-0.39, 0.29) is 48.8 Å². The van der Waals surface area contributed by atoms with Gasteiger partial charge in [-0.1, -0.05) is 42.5 Å². The number of amides is 2. The highest BCUT2D eigenvalue weighted by molar-refractivity contribution is 5.81. The molecular weight excluding hydrogens is 496 g/mol. The van der Waals surface area contributed by atoms with E-state index in [1.807, 2.05) is 30.3 Å². The van der Waals surface area contributed by atoms with Gasteiger partial charge < -0.3 is 15.1 Å². The fraction of sp³-hybridized carbons (Fsp3) is 0.333. The van der Waals surface area contributed by atoms with Crippen molar-refractivity contribution in [1.29, 1.82) is 0 Å². The van der Waals surface area contributed by atoms with E-state index in [1.54, 1.807) is 36.4 Å². The van der Waals surface area contributed by atoms with Crippen LogP contribution in [0.25, 0.3) is 10.9 Å². The number of fused-ring (bicyclic) bond motifs is 1. The standard InChI is InChI=1S/C30H32N4O5/c35-27(31-18-24-9-6-16-39-24)20-33-26-11-5-4-10-25(26)29(37)34(30(33)38)19-22-12-14-23(15-13-22)28(36)32-17-21-7-2-1-3-8-21/h1-11,16,22-23H,12-15,17-20H2,(H,31,35)(H,32,36). The molecule has 0 spiro atoms. The first kappa shape index (κ1) is 26.2. The number of aromatic nitrogens is 2. The number of furan rings is 1. The number of nitrogens with zero attached hydrogens (tertiary/aromatic N) is 2. The number of carbonyl (C=O) groups is 2. The van der Waals surface area contributed by atoms with E-state index in [4.69, 9.17) is 4.42 Å². The van der Waals surface area contributed by atoms with Gasteiger partial charge in [-0.05, 0) is 61.4 Å². The molecule has 1 saturated carbocycles. The molecule has 0 atom stereocenters. The molecule has 0 bridgehead atoms. The third-order valence-corrected chi connectivity index (χ3v) is 7.44. The number of hydrogen-bond donors (Lipinski definition) is 2. The van der Waals surface area contributed by atoms with Gasteiger partial charge in [-0.2, -0.15) is 0 Å². The van der Waals surface area contributed by atoms with Gasteiger partial charge in [0.2, 0.25) is 11.8 Å². The van der Waals surface area contributed by atoms with E-state index in [0.717, 1.165) is 18.4 Å². The Morgan fingerprint density at radius 1 is 0.821 bits per heavy atom. The highest BCUT2D eigenvalue weighted by atomic mass is 16.3. The maximum atomic E-state index is 13.5. The Morgan fingerprint density at radius 2 is 1.56 bits per heavy atom. The molecule has 0 unspecified atom stereocenters. The first-order valence-electron chi connectivity index (χ1n) is 13.3. The molecule has 2 heterocycles. The summed E-state index contributed by atoms with van der Waals surface area (Å²) in [7, 11) is 0. The average molecular weight is 529 g/mol. The van der Waals surface area contributed by atoms with Gasteiger partial charge in [0.05, 0.1) is 23.7 Å². The van der Waals surface area contributed by atoms with Crippen molar-refractivity contribution < 1.29 is 14.0 Å². The summed E-state index contributed by atoms with van der Waals surface area (Å²) in [6, 6.07) is 20.1. The molecule has 202 valence electrons. The second-order valence-electron chi connectivity index (χ2n) is 10.1. The molecule has 4 aromatic rings. The zero-order valence-corrected chi connectivity index (χ0v) is 21.7. The minimum atomic E-state index is -0.505. The molecule has 9 nitrogen and oxygen atoms in total. The van der Waals surface area contributed by atoms with Crippen LogP contribution in [-0.4, -0.2) is 20.9 Å². The topological polar surface area (TPSA) is 115 Å². The van der Waals surface area contributed by atoms with Crippen molar-refractivity contribution in [3.63, 3.8) is 0 Å². The largest absolute Gasteiger partial charge is 0.467 e. The Balaban J connectivity index is 1.26. The van der Waals surface area contributed by atoms with Crippen LogP contribution >= 0.6 is 0 Å². The monoisotopic (exact) mass is 528 g/mol. The van der Waals surface area contributed by atoms with E-state index in [2.05, 4.69) is 10.6 Å². The van der Waals surface area contributed by atoms with Gasteiger partial charge in [0.15, 0.2) is 0 Å². The lowest BCUT2D eigenvalue weighted by Crippen LogP contribution is -2.44. The SMILES string of the molecule is O=C(Cn1c(=O)n(CC2CCC(C(=O)NCc3ccccc3)CC2)c(=O)c2ccccc21)NCc1ccco1. The van der Waals surface area contributed by atoms with Crippen molar-refractivity contribution in [1.82, 2.24) is 19.8 Å². The molecule has 9 heteroatoms. The Hall–Kier alpha value is -4.40. The van der Waals surface area contributed by atoms with Gasteiger partial charge >= 0.3 is 5.69 Å². The molecule has 0 saturated heterocycles. The van der Waals surface area contributed by atoms with E-state index < -0.39 is 5.69 Å². The molecule has 0 radical (unpaired) electrons. The third kappa shape index (κ3) is 6.19. The first-order chi connectivity index (χ1) is 19.0. The summed E-state index contributed by atoms with van der Waals surface area (Å²) in [6.45, 7) is 0.755. The van der Waals surface area contributed by atoms with Crippen molar-refractivity contribution in [2.45, 2.75) is 51.9 Å². The summed E-state index contributed by atoms with van der Waals surface area (Å²) in [6.07, 6.45) is 4.42. The summed E-state index contributed by atoms with van der Waals surface area (Å²) in [5.41, 5.74) is 0.622. The lowest BCUT2D eigenvalue weighted by atomic mass is 9.81. The number of nitrogens with one attached hydrogen (secondary N) is 2. The number of para-hydroxylation sites is 1. The van der Waals surface area contributed by atoms with Gasteiger partial charge in [-0.15, -0.1) is 0 Å². The molecule has 1 aliphatic rings. The predicted molar refractivity (Wildman–Crippen MR) is 147 cm³/mol. The lowest BCUT2D eigenvalue weighted by Gasteiger charge is -2.28. The van der Waals surface area contributed by atoms with Crippen molar-refractivity contribution in [3.05, 3.63) is 105 Å². The number of rotatable bonds is 9. The molecule has 0 aliphatic heterocycles. The molecule has 1 fully saturated rings. The zero-order valence-electron chi connectivity index (χ0n) is 21.7. The summed E-state index contributed by atoms with van der Waals surface area (Å²) >= 11 is 0. The molecular formula is C30H32N4O5. The van der Waals surface area contributed by atoms with Crippen molar-refractivity contribution in [3.8, 4) is 0 Å². The third-order valence-electron chi connectivity index (χ3n) is 7.44. The van der Waals surface area contributed by atoms with Crippen LogP contribution in [0.4, 0.5) is 0 Å². The molecule has 2 aromatic carbocycles. The van der Waals surface area contributed by atoms with Gasteiger partial charge in [-0.25, -0.2) is 4.79 Å². The van der Waals surface area contributed by atoms with Crippen LogP contribution < -0.4 is 21.9 Å². The van der Waals surface area contributed by atoms with Gasteiger partial charge in [0.25, 0.3) is 5.56 Å². The zero-order chi connectivity index (χ0) is 27.2. The van der Waals surface area contributed by atoms with Crippen molar-refractivity contribution in [2.75, 3.05) is 0 Å². The normalized spacial score (nSPS) is 17.1. The number of benzene rings is 2. The van der Waals surface area contributed by atoms with Gasteiger partial charge in [0, 0.05) is 19.0 Å². The number of carbonyl (C=O) groups excluding carboxylic acids is 2. The van der Waals surface area contributed by atoms with Crippen LogP contribution in [-0.2, 0) is 35.8 Å². The van der Waals surface area contributed by atoms with Crippen LogP contribution in [0, 0.1) is 11.8 Å². The summed E-state index contributed by atoms with van der Waals surface area (Å²) in [4.78, 5) is 52.2. The maximum Gasteiger partial charge on any atom is 0.331 e. The molecule has 39 heavy (non-hydrogen) atoms. The summed E-state index contributed by atoms with van der Waals surface area (Å²) in [5, 5.41) is 6.18. The lowest BCUT2D eigenvalue weighted by molar-refractivity contribution is -0.126. The van der Waals surface area contributed by atoms with E-state index in [1.165, 1.54) is 15.4 Å². The second kappa shape index (κ2) is 12.0. The summed E-state index contributed by atoms with van der Waals surface area (Å²) < 4.78 is 7.86. The molecule has 2 N–H and O–H groups in total. The van der Waals surface area contributed by atoms with Gasteiger partial charge in [-0.3, -0.25) is 23.5 Å². The van der Waals surface area contributed by atoms with Crippen LogP contribution in [0.3, 0.4) is 0 Å². The molecule has 2 amide bonds. The fourth-order valence-electron chi connectivity index (χ4n) is 5.28. The fourth-order valence-corrected chi connectivity index (χ4v) is 5.28. The van der Waals surface area contributed by atoms with Gasteiger partial charge in [0.1, 0.15) is 12.3 Å². The van der Waals surface area contributed by atoms with Crippen molar-refractivity contribution >= 4 is 22.7 Å². The Bertz CT molecular complexity index is 1550. The van der Waals surface area contributed by atoms with Crippen LogP contribution in [0.15, 0.2) is 87.0 Å². The molecule has 2 aromatic heterocycles. The van der Waals surface area contributed by atoms with Crippen LogP contribution in [0.1, 0.15) is 37.0 Å². The minimum Gasteiger partial charge on any atom is -0.467 e. The van der Waals surface area contributed by atoms with E-state index in [0.29, 0.717) is 36.0 Å². The predicted octanol–water partition coefficient (Wildman–Crippen LogP) is 3.20. The smallest absolute Gasteiger partial charge is 0.331 e. The van der Waals surface area contributed by atoms with E-state index in [9.17, 15) is 19.2 Å². The Morgan fingerprint density at radius 3 is 2.31 bits per heavy atom. The van der Waals surface area contributed by atoms with Crippen LogP contribution in [0.2, 0.25) is 0 Å². The highest BCUT2D eigenvalue weighted by Crippen LogP contribution is 2.29. The Labute approximate surface area is 225 Å². The minimum absolute atomic E-state index is 0.0445. The van der Waals surface area contributed by atoms with E-state index >= 15 is 0 Å². The first-order valence-corrected chi connectivity index (χ1v) is 13.3. The quantitative estimate of drug-likeness (QED) is 0.346. The number of hydrogen-bond acceptors (Lipinski definition) is 5. The second-order valence-corrected chi connectivity index (χ2v) is 10.1. The molecule has 1 aliphatic carbocycles. The average Bonchev–Trinajstić information content (AvgIpc) is 3.50. The Kier molecular flexibility index (Phi) is 8.05. The summed E-state index contributed by atoms with van der Waals surface area (Å²) in [5.74, 6) is 0.313. The van der Waals surface area contributed by atoms with Crippen molar-refractivity contribution in [2.24, 2.45) is 11.8 Å². The maximum absolute atomic E-state index is 13.5. The van der Waals surface area contributed by atoms with Crippen LogP contribution in [0.5, 0.6) is 0 Å². The highest BCUT2D eigenvalue weighted by Gasteiger charge is 2.27. The molecule has 5 rings (SSSR count).